The van der Waals surface area contributed by atoms with Gasteiger partial charge in [-0.25, -0.2) is 0 Å². The van der Waals surface area contributed by atoms with E-state index in [9.17, 15) is 10.1 Å². The van der Waals surface area contributed by atoms with E-state index in [1.165, 1.54) is 6.07 Å². The van der Waals surface area contributed by atoms with Gasteiger partial charge in [0.25, 0.3) is 5.69 Å². The molecule has 0 aliphatic carbocycles. The smallest absolute Gasteiger partial charge is 0.270 e. The van der Waals surface area contributed by atoms with Gasteiger partial charge in [-0.3, -0.25) is 10.1 Å². The van der Waals surface area contributed by atoms with E-state index in [2.05, 4.69) is 0 Å². The molecule has 2 rings (SSSR count). The number of ether oxygens (including phenoxy) is 2. The third-order valence-corrected chi connectivity index (χ3v) is 2.84. The van der Waals surface area contributed by atoms with Crippen LogP contribution in [0.5, 0.6) is 0 Å². The Labute approximate surface area is 104 Å². The molecule has 2 aromatic rings. The zero-order valence-electron chi connectivity index (χ0n) is 10.2. The molecule has 0 fully saturated rings. The first-order valence-corrected chi connectivity index (χ1v) is 5.44. The van der Waals surface area contributed by atoms with Gasteiger partial charge in [-0.1, -0.05) is 0 Å². The summed E-state index contributed by atoms with van der Waals surface area (Å²) in [4.78, 5) is 10.3. The first-order valence-electron chi connectivity index (χ1n) is 5.44. The average molecular weight is 250 g/mol. The van der Waals surface area contributed by atoms with Crippen LogP contribution in [0, 0.1) is 10.1 Å². The number of hydrogen-bond acceptors (Lipinski definition) is 4. The molecular formula is C12H14N2O4. The molecular weight excluding hydrogens is 236 g/mol. The lowest BCUT2D eigenvalue weighted by Gasteiger charge is -2.14. The molecule has 96 valence electrons. The summed E-state index contributed by atoms with van der Waals surface area (Å²) >= 11 is 0. The topological polar surface area (TPSA) is 66.5 Å². The van der Waals surface area contributed by atoms with Gasteiger partial charge >= 0.3 is 0 Å². The van der Waals surface area contributed by atoms with Crippen LogP contribution in [0.1, 0.15) is 0 Å². The molecule has 1 aromatic carbocycles. The minimum absolute atomic E-state index is 0.0929. The molecule has 18 heavy (non-hydrogen) atoms. The summed E-state index contributed by atoms with van der Waals surface area (Å²) in [6, 6.07) is 6.62. The van der Waals surface area contributed by atoms with Crippen LogP contribution in [0.4, 0.5) is 5.69 Å². The molecule has 1 heterocycles. The van der Waals surface area contributed by atoms with E-state index in [-0.39, 0.29) is 12.0 Å². The second kappa shape index (κ2) is 5.16. The van der Waals surface area contributed by atoms with Gasteiger partial charge in [0.05, 0.1) is 11.5 Å². The summed E-state index contributed by atoms with van der Waals surface area (Å²) in [6.07, 6.45) is 1.52. The highest BCUT2D eigenvalue weighted by Crippen LogP contribution is 2.22. The van der Waals surface area contributed by atoms with Gasteiger partial charge in [-0.15, -0.1) is 0 Å². The van der Waals surface area contributed by atoms with Crippen molar-refractivity contribution in [1.82, 2.24) is 4.57 Å². The first kappa shape index (κ1) is 12.5. The summed E-state index contributed by atoms with van der Waals surface area (Å²) in [5.74, 6) is 0. The maximum atomic E-state index is 10.7. The Morgan fingerprint density at radius 1 is 1.33 bits per heavy atom. The zero-order valence-corrected chi connectivity index (χ0v) is 10.2. The van der Waals surface area contributed by atoms with Gasteiger partial charge in [0, 0.05) is 43.5 Å². The van der Waals surface area contributed by atoms with E-state index >= 15 is 0 Å². The zero-order chi connectivity index (χ0) is 13.1. The number of rotatable bonds is 5. The molecule has 0 aliphatic heterocycles. The Morgan fingerprint density at radius 3 is 2.67 bits per heavy atom. The largest absolute Gasteiger partial charge is 0.354 e. The van der Waals surface area contributed by atoms with Crippen molar-refractivity contribution >= 4 is 16.6 Å². The number of nitrogens with zero attached hydrogens (tertiary/aromatic N) is 2. The van der Waals surface area contributed by atoms with Crippen molar-refractivity contribution in [1.29, 1.82) is 0 Å². The number of nitro groups is 1. The van der Waals surface area contributed by atoms with E-state index < -0.39 is 4.92 Å². The SMILES string of the molecule is COC(Cn1ccc2cc([N+](=O)[O-])ccc21)OC. The number of benzene rings is 1. The molecule has 0 radical (unpaired) electrons. The Bertz CT molecular complexity index is 560. The molecule has 6 heteroatoms. The monoisotopic (exact) mass is 250 g/mol. The van der Waals surface area contributed by atoms with E-state index in [1.807, 2.05) is 16.8 Å². The maximum absolute atomic E-state index is 10.7. The molecule has 0 spiro atoms. The highest BCUT2D eigenvalue weighted by molar-refractivity contribution is 5.82. The normalized spacial score (nSPS) is 11.3. The molecule has 0 amide bonds. The van der Waals surface area contributed by atoms with Crippen LogP contribution in [0.15, 0.2) is 30.5 Å². The van der Waals surface area contributed by atoms with Gasteiger partial charge in [-0.2, -0.15) is 0 Å². The molecule has 1 aromatic heterocycles. The number of non-ortho nitro benzene ring substituents is 1. The second-order valence-electron chi connectivity index (χ2n) is 3.87. The summed E-state index contributed by atoms with van der Waals surface area (Å²) in [7, 11) is 3.15. The lowest BCUT2D eigenvalue weighted by Crippen LogP contribution is -2.19. The van der Waals surface area contributed by atoms with Crippen LogP contribution in [0.3, 0.4) is 0 Å². The molecule has 0 N–H and O–H groups in total. The number of aromatic nitrogens is 1. The quantitative estimate of drug-likeness (QED) is 0.463. The van der Waals surface area contributed by atoms with Gasteiger partial charge < -0.3 is 14.0 Å². The summed E-state index contributed by atoms with van der Waals surface area (Å²) in [5, 5.41) is 11.5. The molecule has 0 bridgehead atoms. The Kier molecular flexibility index (Phi) is 3.59. The van der Waals surface area contributed by atoms with E-state index in [1.54, 1.807) is 26.4 Å². The summed E-state index contributed by atoms with van der Waals surface area (Å²) < 4.78 is 12.2. The molecule has 6 nitrogen and oxygen atoms in total. The Morgan fingerprint density at radius 2 is 2.06 bits per heavy atom. The summed E-state index contributed by atoms with van der Waals surface area (Å²) in [5.41, 5.74) is 1.01. The average Bonchev–Trinajstić information content (AvgIpc) is 2.78. The summed E-state index contributed by atoms with van der Waals surface area (Å²) in [6.45, 7) is 0.536. The van der Waals surface area contributed by atoms with Crippen molar-refractivity contribution in [2.75, 3.05) is 14.2 Å². The van der Waals surface area contributed by atoms with Crippen LogP contribution in [-0.4, -0.2) is 30.0 Å². The Hall–Kier alpha value is -1.92. The molecule has 0 aliphatic rings. The van der Waals surface area contributed by atoms with Crippen LogP contribution >= 0.6 is 0 Å². The number of nitro benzene ring substituents is 1. The first-order chi connectivity index (χ1) is 8.65. The highest BCUT2D eigenvalue weighted by atomic mass is 16.7. The minimum Gasteiger partial charge on any atom is -0.354 e. The number of fused-ring (bicyclic) bond motifs is 1. The number of methoxy groups -OCH3 is 2. The van der Waals surface area contributed by atoms with Crippen LogP contribution in [0.25, 0.3) is 10.9 Å². The standard InChI is InChI=1S/C12H14N2O4/c1-17-12(18-2)8-13-6-5-9-7-10(14(15)16)3-4-11(9)13/h3-7,12H,8H2,1-2H3. The fourth-order valence-corrected chi connectivity index (χ4v) is 1.87. The molecule has 0 saturated heterocycles. The minimum atomic E-state index is -0.399. The van der Waals surface area contributed by atoms with Gasteiger partial charge in [-0.05, 0) is 12.1 Å². The third kappa shape index (κ3) is 2.34. The van der Waals surface area contributed by atoms with Crippen molar-refractivity contribution in [3.05, 3.63) is 40.6 Å². The van der Waals surface area contributed by atoms with Gasteiger partial charge in [0.15, 0.2) is 6.29 Å². The maximum Gasteiger partial charge on any atom is 0.270 e. The van der Waals surface area contributed by atoms with Crippen molar-refractivity contribution in [3.63, 3.8) is 0 Å². The lowest BCUT2D eigenvalue weighted by molar-refractivity contribution is -0.384. The third-order valence-electron chi connectivity index (χ3n) is 2.84. The predicted octanol–water partition coefficient (Wildman–Crippen LogP) is 2.17. The predicted molar refractivity (Wildman–Crippen MR) is 66.4 cm³/mol. The second-order valence-corrected chi connectivity index (χ2v) is 3.87. The lowest BCUT2D eigenvalue weighted by atomic mass is 10.2. The van der Waals surface area contributed by atoms with Crippen molar-refractivity contribution in [3.8, 4) is 0 Å². The van der Waals surface area contributed by atoms with Crippen LogP contribution < -0.4 is 0 Å². The molecule has 0 atom stereocenters. The highest BCUT2D eigenvalue weighted by Gasteiger charge is 2.11. The van der Waals surface area contributed by atoms with Gasteiger partial charge in [0.2, 0.25) is 0 Å². The number of hydrogen-bond donors (Lipinski definition) is 0. The van der Waals surface area contributed by atoms with Crippen molar-refractivity contribution in [2.24, 2.45) is 0 Å². The van der Waals surface area contributed by atoms with Crippen LogP contribution in [0.2, 0.25) is 0 Å². The van der Waals surface area contributed by atoms with E-state index in [4.69, 9.17) is 9.47 Å². The fraction of sp³-hybridized carbons (Fsp3) is 0.333. The fourth-order valence-electron chi connectivity index (χ4n) is 1.87. The van der Waals surface area contributed by atoms with E-state index in [0.717, 1.165) is 10.9 Å². The van der Waals surface area contributed by atoms with Gasteiger partial charge in [0.1, 0.15) is 0 Å². The molecule has 0 unspecified atom stereocenters. The Balaban J connectivity index is 2.34. The van der Waals surface area contributed by atoms with Crippen LogP contribution in [-0.2, 0) is 16.0 Å². The van der Waals surface area contributed by atoms with Crippen molar-refractivity contribution in [2.45, 2.75) is 12.8 Å². The van der Waals surface area contributed by atoms with E-state index in [0.29, 0.717) is 6.54 Å². The van der Waals surface area contributed by atoms with Crippen molar-refractivity contribution < 1.29 is 14.4 Å². The molecule has 0 saturated carbocycles.